The van der Waals surface area contributed by atoms with Crippen molar-refractivity contribution in [2.45, 2.75) is 53.8 Å². The summed E-state index contributed by atoms with van der Waals surface area (Å²) in [7, 11) is 0. The molecule has 0 unspecified atom stereocenters. The zero-order valence-electron chi connectivity index (χ0n) is 18.2. The van der Waals surface area contributed by atoms with Gasteiger partial charge < -0.3 is 14.3 Å². The topological polar surface area (TPSA) is 76.2 Å². The number of fused-ring (bicyclic) bond motifs is 1. The number of amides is 1. The van der Waals surface area contributed by atoms with Crippen LogP contribution in [-0.2, 0) is 26.1 Å². The minimum atomic E-state index is -0.147. The summed E-state index contributed by atoms with van der Waals surface area (Å²) >= 11 is 0. The van der Waals surface area contributed by atoms with Crippen molar-refractivity contribution >= 4 is 5.91 Å². The molecule has 0 saturated carbocycles. The van der Waals surface area contributed by atoms with Gasteiger partial charge in [0.2, 0.25) is 0 Å². The lowest BCUT2D eigenvalue weighted by Crippen LogP contribution is -2.28. The molecular weight excluding hydrogens is 378 g/mol. The smallest absolute Gasteiger partial charge is 0.255 e. The van der Waals surface area contributed by atoms with Crippen molar-refractivity contribution in [3.63, 3.8) is 0 Å². The summed E-state index contributed by atoms with van der Waals surface area (Å²) in [5, 5.41) is 11.6. The number of carbonyl (C=O) groups is 1. The van der Waals surface area contributed by atoms with E-state index in [-0.39, 0.29) is 5.91 Å². The largest absolute Gasteiger partial charge is 0.466 e. The zero-order chi connectivity index (χ0) is 21.3. The van der Waals surface area contributed by atoms with Crippen LogP contribution in [0.2, 0.25) is 0 Å². The molecular formula is C23H29N5O2. The van der Waals surface area contributed by atoms with E-state index in [2.05, 4.69) is 57.0 Å². The van der Waals surface area contributed by atoms with Crippen molar-refractivity contribution in [3.8, 4) is 0 Å². The van der Waals surface area contributed by atoms with Gasteiger partial charge in [0.1, 0.15) is 17.3 Å². The van der Waals surface area contributed by atoms with Crippen LogP contribution >= 0.6 is 0 Å². The highest BCUT2D eigenvalue weighted by Crippen LogP contribution is 2.16. The molecule has 3 heterocycles. The first-order valence-corrected chi connectivity index (χ1v) is 10.5. The third kappa shape index (κ3) is 4.31. The van der Waals surface area contributed by atoms with E-state index in [1.165, 1.54) is 16.7 Å². The number of nitrogens with one attached hydrogen (secondary N) is 1. The fourth-order valence-corrected chi connectivity index (χ4v) is 3.99. The van der Waals surface area contributed by atoms with Crippen molar-refractivity contribution in [3.05, 3.63) is 69.7 Å². The summed E-state index contributed by atoms with van der Waals surface area (Å²) < 4.78 is 7.60. The Morgan fingerprint density at radius 1 is 1.07 bits per heavy atom. The molecule has 0 atom stereocenters. The van der Waals surface area contributed by atoms with Crippen molar-refractivity contribution < 1.29 is 9.21 Å². The van der Waals surface area contributed by atoms with Crippen LogP contribution in [0.3, 0.4) is 0 Å². The predicted molar refractivity (Wildman–Crippen MR) is 114 cm³/mol. The van der Waals surface area contributed by atoms with E-state index < -0.39 is 0 Å². The van der Waals surface area contributed by atoms with E-state index in [9.17, 15) is 4.79 Å². The number of hydrogen-bond donors (Lipinski definition) is 1. The summed E-state index contributed by atoms with van der Waals surface area (Å²) in [4.78, 5) is 14.9. The molecule has 1 amide bonds. The Bertz CT molecular complexity index is 1070. The molecule has 0 fully saturated rings. The second kappa shape index (κ2) is 8.44. The molecule has 4 rings (SSSR count). The molecule has 2 aromatic heterocycles. The molecule has 1 aliphatic rings. The molecule has 3 aromatic rings. The van der Waals surface area contributed by atoms with Crippen LogP contribution < -0.4 is 5.32 Å². The lowest BCUT2D eigenvalue weighted by Gasteiger charge is -2.20. The number of carbonyl (C=O) groups excluding carboxylic acids is 1. The maximum atomic E-state index is 12.5. The molecule has 158 valence electrons. The Kier molecular flexibility index (Phi) is 5.72. The van der Waals surface area contributed by atoms with Gasteiger partial charge in [0.25, 0.3) is 5.91 Å². The second-order valence-corrected chi connectivity index (χ2v) is 8.14. The predicted octanol–water partition coefficient (Wildman–Crippen LogP) is 3.09. The van der Waals surface area contributed by atoms with Crippen molar-refractivity contribution in [1.82, 2.24) is 25.0 Å². The summed E-state index contributed by atoms with van der Waals surface area (Å²) in [5.41, 5.74) is 4.57. The summed E-state index contributed by atoms with van der Waals surface area (Å²) in [6, 6.07) is 8.45. The Labute approximate surface area is 177 Å². The van der Waals surface area contributed by atoms with Gasteiger partial charge in [0.05, 0.1) is 12.1 Å². The molecule has 1 N–H and O–H groups in total. The number of aromatic nitrogens is 3. The lowest BCUT2D eigenvalue weighted by molar-refractivity contribution is 0.0948. The Morgan fingerprint density at radius 2 is 1.90 bits per heavy atom. The van der Waals surface area contributed by atoms with Gasteiger partial charge in [0.15, 0.2) is 5.82 Å². The normalized spacial score (nSPS) is 14.4. The lowest BCUT2D eigenvalue weighted by atomic mass is 10.1. The molecule has 1 aromatic carbocycles. The van der Waals surface area contributed by atoms with Crippen molar-refractivity contribution in [2.75, 3.05) is 13.1 Å². The van der Waals surface area contributed by atoms with Gasteiger partial charge in [0, 0.05) is 32.6 Å². The van der Waals surface area contributed by atoms with Gasteiger partial charge in [-0.3, -0.25) is 9.69 Å². The van der Waals surface area contributed by atoms with Crippen LogP contribution in [0.1, 0.15) is 50.2 Å². The first kappa shape index (κ1) is 20.3. The van der Waals surface area contributed by atoms with Gasteiger partial charge in [-0.2, -0.15) is 0 Å². The van der Waals surface area contributed by atoms with E-state index in [0.717, 1.165) is 50.0 Å². The number of furan rings is 1. The van der Waals surface area contributed by atoms with Gasteiger partial charge in [-0.15, -0.1) is 10.2 Å². The molecule has 0 bridgehead atoms. The zero-order valence-corrected chi connectivity index (χ0v) is 18.2. The van der Waals surface area contributed by atoms with Crippen LogP contribution in [0.5, 0.6) is 0 Å². The monoisotopic (exact) mass is 407 g/mol. The van der Waals surface area contributed by atoms with E-state index in [0.29, 0.717) is 17.9 Å². The highest BCUT2D eigenvalue weighted by Gasteiger charge is 2.20. The molecule has 30 heavy (non-hydrogen) atoms. The van der Waals surface area contributed by atoms with E-state index in [4.69, 9.17) is 4.42 Å². The summed E-state index contributed by atoms with van der Waals surface area (Å²) in [6.45, 7) is 11.9. The third-order valence-corrected chi connectivity index (χ3v) is 5.87. The van der Waals surface area contributed by atoms with Crippen molar-refractivity contribution in [2.24, 2.45) is 0 Å². The van der Waals surface area contributed by atoms with Crippen LogP contribution in [-0.4, -0.2) is 38.7 Å². The van der Waals surface area contributed by atoms with Gasteiger partial charge in [-0.05, 0) is 50.5 Å². The van der Waals surface area contributed by atoms with Crippen LogP contribution in [0.4, 0.5) is 0 Å². The minimum Gasteiger partial charge on any atom is -0.466 e. The highest BCUT2D eigenvalue weighted by molar-refractivity contribution is 5.95. The number of rotatable bonds is 5. The molecule has 0 radical (unpaired) electrons. The average molecular weight is 408 g/mol. The van der Waals surface area contributed by atoms with Crippen LogP contribution in [0, 0.1) is 27.7 Å². The maximum Gasteiger partial charge on any atom is 0.255 e. The molecule has 0 aliphatic carbocycles. The molecule has 1 aliphatic heterocycles. The molecule has 0 saturated heterocycles. The van der Waals surface area contributed by atoms with Gasteiger partial charge >= 0.3 is 0 Å². The second-order valence-electron chi connectivity index (χ2n) is 8.14. The number of hydrogen-bond acceptors (Lipinski definition) is 5. The summed E-state index contributed by atoms with van der Waals surface area (Å²) in [5.74, 6) is 3.00. The highest BCUT2D eigenvalue weighted by atomic mass is 16.3. The first-order valence-electron chi connectivity index (χ1n) is 10.5. The Morgan fingerprint density at radius 3 is 2.63 bits per heavy atom. The van der Waals surface area contributed by atoms with Crippen molar-refractivity contribution in [1.29, 1.82) is 0 Å². The minimum absolute atomic E-state index is 0.147. The van der Waals surface area contributed by atoms with E-state index >= 15 is 0 Å². The number of benzene rings is 1. The molecule has 7 heteroatoms. The van der Waals surface area contributed by atoms with E-state index in [1.54, 1.807) is 13.0 Å². The standard InChI is InChI=1S/C23H29N5O2/c1-15-5-6-19(11-16(15)2)14-27-8-7-21-25-26-22(28(21)10-9-27)13-24-23(29)20-12-17(3)30-18(20)4/h5-6,11-12H,7-10,13-14H2,1-4H3,(H,24,29). The van der Waals surface area contributed by atoms with Gasteiger partial charge in [-0.25, -0.2) is 0 Å². The van der Waals surface area contributed by atoms with Gasteiger partial charge in [-0.1, -0.05) is 18.2 Å². The maximum absolute atomic E-state index is 12.5. The Balaban J connectivity index is 1.38. The average Bonchev–Trinajstić information content (AvgIpc) is 3.19. The number of aryl methyl sites for hydroxylation is 4. The van der Waals surface area contributed by atoms with Crippen LogP contribution in [0.25, 0.3) is 0 Å². The summed E-state index contributed by atoms with van der Waals surface area (Å²) in [6.07, 6.45) is 0.853. The third-order valence-electron chi connectivity index (χ3n) is 5.87. The fraction of sp³-hybridized carbons (Fsp3) is 0.435. The molecule has 7 nitrogen and oxygen atoms in total. The van der Waals surface area contributed by atoms with E-state index in [1.807, 2.05) is 6.92 Å². The van der Waals surface area contributed by atoms with Crippen LogP contribution in [0.15, 0.2) is 28.7 Å². The first-order chi connectivity index (χ1) is 14.4. The fourth-order valence-electron chi connectivity index (χ4n) is 3.99. The SMILES string of the molecule is Cc1cc(C(=O)NCc2nnc3n2CCN(Cc2ccc(C)c(C)c2)CC3)c(C)o1. The number of nitrogens with zero attached hydrogens (tertiary/aromatic N) is 4. The Hall–Kier alpha value is -2.93. The molecule has 0 spiro atoms. The quantitative estimate of drug-likeness (QED) is 0.703.